The van der Waals surface area contributed by atoms with Crippen LogP contribution in [-0.2, 0) is 20.7 Å². The number of hydrogen-bond donors (Lipinski definition) is 0. The average Bonchev–Trinajstić information content (AvgIpc) is 3.31. The number of carbonyl (C=O) groups is 2. The van der Waals surface area contributed by atoms with E-state index >= 15 is 0 Å². The van der Waals surface area contributed by atoms with Gasteiger partial charge >= 0.3 is 5.97 Å². The number of nitrogens with zero attached hydrogens (tertiary/aromatic N) is 3. The molecule has 0 aromatic carbocycles. The molecule has 3 rings (SSSR count). The molecule has 0 aliphatic carbocycles. The molecule has 0 atom stereocenters. The SMILES string of the molecule is CCOC(=O)C1CCN(C(=O)CCc2nc(-c3cccs3)no2)CC1. The van der Waals surface area contributed by atoms with Gasteiger partial charge in [-0.15, -0.1) is 11.3 Å². The van der Waals surface area contributed by atoms with Crippen molar-refractivity contribution in [2.45, 2.75) is 32.6 Å². The first-order valence-corrected chi connectivity index (χ1v) is 9.36. The van der Waals surface area contributed by atoms with Crippen LogP contribution >= 0.6 is 11.3 Å². The number of likely N-dealkylation sites (tertiary alicyclic amines) is 1. The van der Waals surface area contributed by atoms with Crippen LogP contribution in [0.3, 0.4) is 0 Å². The van der Waals surface area contributed by atoms with Gasteiger partial charge in [0, 0.05) is 25.9 Å². The highest BCUT2D eigenvalue weighted by Crippen LogP contribution is 2.22. The highest BCUT2D eigenvalue weighted by atomic mass is 32.1. The third-order valence-electron chi connectivity index (χ3n) is 4.23. The van der Waals surface area contributed by atoms with Crippen LogP contribution < -0.4 is 0 Å². The Morgan fingerprint density at radius 3 is 2.88 bits per heavy atom. The van der Waals surface area contributed by atoms with Gasteiger partial charge in [-0.05, 0) is 31.2 Å². The highest BCUT2D eigenvalue weighted by molar-refractivity contribution is 7.13. The normalized spacial score (nSPS) is 15.3. The van der Waals surface area contributed by atoms with Crippen LogP contribution in [0, 0.1) is 5.92 Å². The van der Waals surface area contributed by atoms with Crippen LogP contribution in [0.5, 0.6) is 0 Å². The Morgan fingerprint density at radius 2 is 2.20 bits per heavy atom. The lowest BCUT2D eigenvalue weighted by molar-refractivity contribution is -0.151. The topological polar surface area (TPSA) is 85.5 Å². The average molecular weight is 363 g/mol. The summed E-state index contributed by atoms with van der Waals surface area (Å²) < 4.78 is 10.3. The van der Waals surface area contributed by atoms with E-state index in [0.29, 0.717) is 57.1 Å². The van der Waals surface area contributed by atoms with Gasteiger partial charge in [0.15, 0.2) is 0 Å². The molecule has 0 saturated carbocycles. The number of carbonyl (C=O) groups excluding carboxylic acids is 2. The van der Waals surface area contributed by atoms with Gasteiger partial charge in [-0.1, -0.05) is 11.2 Å². The van der Waals surface area contributed by atoms with Crippen molar-refractivity contribution in [3.63, 3.8) is 0 Å². The maximum absolute atomic E-state index is 12.3. The van der Waals surface area contributed by atoms with Crippen LogP contribution in [0.15, 0.2) is 22.0 Å². The lowest BCUT2D eigenvalue weighted by Gasteiger charge is -2.30. The molecule has 1 amide bonds. The summed E-state index contributed by atoms with van der Waals surface area (Å²) in [6.07, 6.45) is 2.08. The smallest absolute Gasteiger partial charge is 0.309 e. The second-order valence-electron chi connectivity index (χ2n) is 5.90. The predicted octanol–water partition coefficient (Wildman–Crippen LogP) is 2.53. The maximum Gasteiger partial charge on any atom is 0.309 e. The van der Waals surface area contributed by atoms with Crippen molar-refractivity contribution in [1.82, 2.24) is 15.0 Å². The van der Waals surface area contributed by atoms with E-state index in [4.69, 9.17) is 9.26 Å². The fraction of sp³-hybridized carbons (Fsp3) is 0.529. The van der Waals surface area contributed by atoms with Gasteiger partial charge in [-0.3, -0.25) is 9.59 Å². The lowest BCUT2D eigenvalue weighted by Crippen LogP contribution is -2.40. The third-order valence-corrected chi connectivity index (χ3v) is 5.10. The minimum absolute atomic E-state index is 0.0539. The Morgan fingerprint density at radius 1 is 1.40 bits per heavy atom. The van der Waals surface area contributed by atoms with Crippen LogP contribution in [-0.4, -0.2) is 46.6 Å². The number of hydrogen-bond acceptors (Lipinski definition) is 7. The van der Waals surface area contributed by atoms with Gasteiger partial charge in [0.25, 0.3) is 0 Å². The van der Waals surface area contributed by atoms with Crippen molar-refractivity contribution >= 4 is 23.2 Å². The zero-order chi connectivity index (χ0) is 17.6. The van der Waals surface area contributed by atoms with E-state index in [1.54, 1.807) is 23.2 Å². The molecule has 25 heavy (non-hydrogen) atoms. The predicted molar refractivity (Wildman–Crippen MR) is 91.9 cm³/mol. The minimum Gasteiger partial charge on any atom is -0.466 e. The Hall–Kier alpha value is -2.22. The molecule has 0 spiro atoms. The van der Waals surface area contributed by atoms with Crippen LogP contribution in [0.4, 0.5) is 0 Å². The number of piperidine rings is 1. The molecule has 0 unspecified atom stereocenters. The molecule has 0 radical (unpaired) electrons. The summed E-state index contributed by atoms with van der Waals surface area (Å²) in [5.74, 6) is 0.846. The lowest BCUT2D eigenvalue weighted by atomic mass is 9.97. The van der Waals surface area contributed by atoms with Crippen molar-refractivity contribution in [3.05, 3.63) is 23.4 Å². The van der Waals surface area contributed by atoms with E-state index < -0.39 is 0 Å². The van der Waals surface area contributed by atoms with Crippen molar-refractivity contribution in [2.75, 3.05) is 19.7 Å². The standard InChI is InChI=1S/C17H21N3O4S/c1-2-23-17(22)12-7-9-20(10-8-12)15(21)6-5-14-18-16(19-24-14)13-4-3-11-25-13/h3-4,11-12H,2,5-10H2,1H3. The monoisotopic (exact) mass is 363 g/mol. The number of amides is 1. The molecule has 7 nitrogen and oxygen atoms in total. The van der Waals surface area contributed by atoms with E-state index in [2.05, 4.69) is 10.1 Å². The van der Waals surface area contributed by atoms with Crippen molar-refractivity contribution in [2.24, 2.45) is 5.92 Å². The molecule has 1 fully saturated rings. The fourth-order valence-corrected chi connectivity index (χ4v) is 3.51. The zero-order valence-corrected chi connectivity index (χ0v) is 15.0. The fourth-order valence-electron chi connectivity index (χ4n) is 2.86. The summed E-state index contributed by atoms with van der Waals surface area (Å²) in [5.41, 5.74) is 0. The highest BCUT2D eigenvalue weighted by Gasteiger charge is 2.28. The van der Waals surface area contributed by atoms with Gasteiger partial charge in [0.05, 0.1) is 17.4 Å². The first kappa shape index (κ1) is 17.6. The number of aryl methyl sites for hydroxylation is 1. The van der Waals surface area contributed by atoms with Crippen molar-refractivity contribution in [3.8, 4) is 10.7 Å². The molecular weight excluding hydrogens is 342 g/mol. The molecule has 1 aliphatic heterocycles. The Bertz CT molecular complexity index is 705. The zero-order valence-electron chi connectivity index (χ0n) is 14.1. The Balaban J connectivity index is 1.45. The molecule has 134 valence electrons. The van der Waals surface area contributed by atoms with Crippen LogP contribution in [0.25, 0.3) is 10.7 Å². The number of esters is 1. The quantitative estimate of drug-likeness (QED) is 0.733. The summed E-state index contributed by atoms with van der Waals surface area (Å²) in [6, 6.07) is 3.86. The number of aromatic nitrogens is 2. The van der Waals surface area contributed by atoms with E-state index in [9.17, 15) is 9.59 Å². The van der Waals surface area contributed by atoms with Crippen LogP contribution in [0.2, 0.25) is 0 Å². The molecule has 1 saturated heterocycles. The second-order valence-corrected chi connectivity index (χ2v) is 6.84. The van der Waals surface area contributed by atoms with Gasteiger partial charge in [0.1, 0.15) is 0 Å². The first-order valence-electron chi connectivity index (χ1n) is 8.48. The van der Waals surface area contributed by atoms with E-state index in [1.807, 2.05) is 17.5 Å². The van der Waals surface area contributed by atoms with E-state index in [0.717, 1.165) is 4.88 Å². The molecule has 3 heterocycles. The largest absolute Gasteiger partial charge is 0.466 e. The molecule has 8 heteroatoms. The summed E-state index contributed by atoms with van der Waals surface area (Å²) in [6.45, 7) is 3.38. The summed E-state index contributed by atoms with van der Waals surface area (Å²) in [5, 5.41) is 5.90. The number of rotatable bonds is 6. The van der Waals surface area contributed by atoms with Gasteiger partial charge in [-0.2, -0.15) is 4.98 Å². The molecule has 0 bridgehead atoms. The van der Waals surface area contributed by atoms with Crippen molar-refractivity contribution in [1.29, 1.82) is 0 Å². The minimum atomic E-state index is -0.151. The summed E-state index contributed by atoms with van der Waals surface area (Å²) in [4.78, 5) is 31.1. The number of ether oxygens (including phenoxy) is 1. The second kappa shape index (κ2) is 8.24. The maximum atomic E-state index is 12.3. The summed E-state index contributed by atoms with van der Waals surface area (Å²) >= 11 is 1.54. The van der Waals surface area contributed by atoms with Gasteiger partial charge in [-0.25, -0.2) is 0 Å². The number of thiophene rings is 1. The van der Waals surface area contributed by atoms with Gasteiger partial charge in [0.2, 0.25) is 17.6 Å². The van der Waals surface area contributed by atoms with Crippen molar-refractivity contribution < 1.29 is 18.8 Å². The molecular formula is C17H21N3O4S. The molecule has 2 aromatic rings. The Labute approximate surface area is 150 Å². The molecule has 0 N–H and O–H groups in total. The van der Waals surface area contributed by atoms with E-state index in [1.165, 1.54) is 0 Å². The Kier molecular flexibility index (Phi) is 5.80. The van der Waals surface area contributed by atoms with E-state index in [-0.39, 0.29) is 17.8 Å². The third kappa shape index (κ3) is 4.45. The molecule has 1 aliphatic rings. The van der Waals surface area contributed by atoms with Gasteiger partial charge < -0.3 is 14.2 Å². The van der Waals surface area contributed by atoms with Crippen LogP contribution in [0.1, 0.15) is 32.1 Å². The molecule has 2 aromatic heterocycles. The summed E-state index contributed by atoms with van der Waals surface area (Å²) in [7, 11) is 0. The first-order chi connectivity index (χ1) is 12.2.